The van der Waals surface area contributed by atoms with Crippen LogP contribution in [0.3, 0.4) is 0 Å². The maximum absolute atomic E-state index is 13.6. The van der Waals surface area contributed by atoms with Crippen molar-refractivity contribution in [1.82, 2.24) is 0 Å². The molecule has 0 saturated heterocycles. The number of aryl methyl sites for hydroxylation is 3. The number of hydrogen-bond donors (Lipinski definition) is 1. The molecular formula is C31H28Br2N2O2S. The van der Waals surface area contributed by atoms with Gasteiger partial charge in [0, 0.05) is 26.8 Å². The van der Waals surface area contributed by atoms with Gasteiger partial charge in [-0.05, 0) is 102 Å². The van der Waals surface area contributed by atoms with Crippen molar-refractivity contribution in [3.63, 3.8) is 0 Å². The third-order valence-electron chi connectivity index (χ3n) is 6.44. The summed E-state index contributed by atoms with van der Waals surface area (Å²) in [7, 11) is 0. The van der Waals surface area contributed by atoms with E-state index >= 15 is 0 Å². The van der Waals surface area contributed by atoms with Crippen LogP contribution >= 0.6 is 43.2 Å². The second kappa shape index (κ2) is 12.0. The van der Waals surface area contributed by atoms with Crippen LogP contribution in [-0.2, 0) is 19.4 Å². The van der Waals surface area contributed by atoms with Gasteiger partial charge >= 0.3 is 0 Å². The molecule has 0 fully saturated rings. The van der Waals surface area contributed by atoms with Crippen molar-refractivity contribution in [2.45, 2.75) is 46.1 Å². The fourth-order valence-electron chi connectivity index (χ4n) is 4.80. The fourth-order valence-corrected chi connectivity index (χ4v) is 7.41. The number of benzene rings is 3. The fraction of sp³-hybridized carbons (Fsp3) is 0.226. The summed E-state index contributed by atoms with van der Waals surface area (Å²) in [6, 6.07) is 20.1. The number of thiophene rings is 1. The lowest BCUT2D eigenvalue weighted by molar-refractivity contribution is 0.102. The predicted molar refractivity (Wildman–Crippen MR) is 165 cm³/mol. The molecule has 0 radical (unpaired) electrons. The van der Waals surface area contributed by atoms with Gasteiger partial charge in [0.05, 0.1) is 10.0 Å². The molecule has 4 aromatic rings. The van der Waals surface area contributed by atoms with Crippen molar-refractivity contribution in [1.29, 1.82) is 0 Å². The van der Waals surface area contributed by atoms with Gasteiger partial charge in [-0.3, -0.25) is 4.79 Å². The van der Waals surface area contributed by atoms with E-state index in [2.05, 4.69) is 43.2 Å². The van der Waals surface area contributed by atoms with Gasteiger partial charge in [0.15, 0.2) is 0 Å². The molecule has 0 unspecified atom stereocenters. The second-order valence-corrected chi connectivity index (χ2v) is 12.4. The van der Waals surface area contributed by atoms with E-state index in [1.54, 1.807) is 17.6 Å². The molecule has 0 bridgehead atoms. The number of rotatable bonds is 7. The van der Waals surface area contributed by atoms with E-state index in [0.29, 0.717) is 17.9 Å². The minimum atomic E-state index is -0.0995. The Morgan fingerprint density at radius 1 is 1.03 bits per heavy atom. The molecule has 0 aliphatic heterocycles. The molecule has 1 N–H and O–H groups in total. The van der Waals surface area contributed by atoms with E-state index in [1.165, 1.54) is 4.88 Å². The van der Waals surface area contributed by atoms with Crippen LogP contribution in [0, 0.1) is 13.8 Å². The molecule has 0 atom stereocenters. The monoisotopic (exact) mass is 650 g/mol. The summed E-state index contributed by atoms with van der Waals surface area (Å²) in [5.41, 5.74) is 6.80. The smallest absolute Gasteiger partial charge is 0.259 e. The molecule has 1 aliphatic carbocycles. The number of aliphatic imine (C=N–C) groups is 1. The van der Waals surface area contributed by atoms with Gasteiger partial charge in [0.2, 0.25) is 0 Å². The van der Waals surface area contributed by atoms with Gasteiger partial charge < -0.3 is 10.1 Å². The van der Waals surface area contributed by atoms with E-state index in [1.807, 2.05) is 68.4 Å². The van der Waals surface area contributed by atoms with Crippen LogP contribution in [0.2, 0.25) is 0 Å². The number of carbonyl (C=O) groups is 1. The van der Waals surface area contributed by atoms with Crippen molar-refractivity contribution >= 4 is 66.0 Å². The summed E-state index contributed by atoms with van der Waals surface area (Å²) in [6.07, 6.45) is 5.94. The third-order valence-corrected chi connectivity index (χ3v) is 8.69. The first-order valence-electron chi connectivity index (χ1n) is 12.6. The van der Waals surface area contributed by atoms with Crippen LogP contribution in [0.5, 0.6) is 5.75 Å². The zero-order chi connectivity index (χ0) is 26.6. The number of nitrogens with zero attached hydrogens (tertiary/aromatic N) is 1. The van der Waals surface area contributed by atoms with E-state index in [-0.39, 0.29) is 5.91 Å². The number of carbonyl (C=O) groups excluding carboxylic acids is 1. The number of amides is 1. The first-order chi connectivity index (χ1) is 18.4. The van der Waals surface area contributed by atoms with Gasteiger partial charge in [-0.15, -0.1) is 11.3 Å². The molecule has 1 heterocycles. The largest absolute Gasteiger partial charge is 0.487 e. The quantitative estimate of drug-likeness (QED) is 0.202. The highest BCUT2D eigenvalue weighted by atomic mass is 79.9. The molecule has 0 spiro atoms. The topological polar surface area (TPSA) is 50.7 Å². The zero-order valence-electron chi connectivity index (χ0n) is 21.3. The minimum Gasteiger partial charge on any atom is -0.487 e. The number of anilines is 1. The summed E-state index contributed by atoms with van der Waals surface area (Å²) in [4.78, 5) is 19.8. The number of fused-ring (bicyclic) bond motifs is 1. The van der Waals surface area contributed by atoms with E-state index < -0.39 is 0 Å². The number of halogens is 2. The van der Waals surface area contributed by atoms with E-state index in [0.717, 1.165) is 73.1 Å². The summed E-state index contributed by atoms with van der Waals surface area (Å²) in [5.74, 6) is 0.612. The molecule has 7 heteroatoms. The maximum Gasteiger partial charge on any atom is 0.259 e. The molecule has 0 saturated carbocycles. The Morgan fingerprint density at radius 3 is 2.53 bits per heavy atom. The van der Waals surface area contributed by atoms with Crippen LogP contribution < -0.4 is 10.1 Å². The summed E-state index contributed by atoms with van der Waals surface area (Å²) >= 11 is 8.87. The molecule has 4 nitrogen and oxygen atoms in total. The molecule has 1 aliphatic rings. The van der Waals surface area contributed by atoms with Crippen LogP contribution in [-0.4, -0.2) is 12.1 Å². The van der Waals surface area contributed by atoms with E-state index in [4.69, 9.17) is 9.73 Å². The maximum atomic E-state index is 13.6. The van der Waals surface area contributed by atoms with Crippen molar-refractivity contribution in [2.75, 3.05) is 5.32 Å². The van der Waals surface area contributed by atoms with Crippen LogP contribution in [0.25, 0.3) is 0 Å². The Bertz CT molecular complexity index is 1490. The molecule has 5 rings (SSSR count). The molecule has 3 aromatic carbocycles. The molecular weight excluding hydrogens is 624 g/mol. The van der Waals surface area contributed by atoms with Crippen LogP contribution in [0.4, 0.5) is 10.7 Å². The highest BCUT2D eigenvalue weighted by molar-refractivity contribution is 9.11. The van der Waals surface area contributed by atoms with Gasteiger partial charge in [-0.1, -0.05) is 52.3 Å². The lowest BCUT2D eigenvalue weighted by Gasteiger charge is -2.13. The molecule has 1 amide bonds. The van der Waals surface area contributed by atoms with Crippen molar-refractivity contribution in [2.24, 2.45) is 4.99 Å². The second-order valence-electron chi connectivity index (χ2n) is 9.56. The highest BCUT2D eigenvalue weighted by Gasteiger charge is 2.25. The Kier molecular flexibility index (Phi) is 8.46. The van der Waals surface area contributed by atoms with Gasteiger partial charge in [-0.2, -0.15) is 0 Å². The SMILES string of the molecule is Cc1cc(C)cc(NC(=O)c2c(N=Cc3cc(Br)cc(Br)c3OCc3ccccc3)sc3c2CCCC3)c1. The van der Waals surface area contributed by atoms with Gasteiger partial charge in [0.1, 0.15) is 17.4 Å². The lowest BCUT2D eigenvalue weighted by atomic mass is 9.95. The Hall–Kier alpha value is -2.74. The summed E-state index contributed by atoms with van der Waals surface area (Å²) in [5, 5.41) is 3.88. The molecule has 194 valence electrons. The van der Waals surface area contributed by atoms with E-state index in [9.17, 15) is 4.79 Å². The third kappa shape index (κ3) is 6.28. The van der Waals surface area contributed by atoms with Crippen molar-refractivity contribution in [3.05, 3.63) is 108 Å². The Labute approximate surface area is 244 Å². The minimum absolute atomic E-state index is 0.0995. The summed E-state index contributed by atoms with van der Waals surface area (Å²) < 4.78 is 7.97. The Morgan fingerprint density at radius 2 is 1.76 bits per heavy atom. The first-order valence-corrected chi connectivity index (χ1v) is 15.0. The Balaban J connectivity index is 1.48. The normalized spacial score (nSPS) is 12.9. The van der Waals surface area contributed by atoms with Crippen molar-refractivity contribution < 1.29 is 9.53 Å². The number of nitrogens with one attached hydrogen (secondary N) is 1. The number of hydrogen-bond acceptors (Lipinski definition) is 4. The average Bonchev–Trinajstić information content (AvgIpc) is 3.25. The van der Waals surface area contributed by atoms with Crippen LogP contribution in [0.15, 0.2) is 74.6 Å². The predicted octanol–water partition coefficient (Wildman–Crippen LogP) is 9.35. The highest BCUT2D eigenvalue weighted by Crippen LogP contribution is 2.41. The lowest BCUT2D eigenvalue weighted by Crippen LogP contribution is -2.15. The molecule has 1 aromatic heterocycles. The standard InChI is InChI=1S/C31H28Br2N2O2S/c1-19-12-20(2)14-24(13-19)35-30(36)28-25-10-6-7-11-27(25)38-31(28)34-17-22-15-23(32)16-26(33)29(22)37-18-21-8-4-3-5-9-21/h3-5,8-9,12-17H,6-7,10-11,18H2,1-2H3,(H,35,36). The first kappa shape index (κ1) is 26.9. The van der Waals surface area contributed by atoms with Gasteiger partial charge in [-0.25, -0.2) is 4.99 Å². The number of ether oxygens (including phenoxy) is 1. The zero-order valence-corrected chi connectivity index (χ0v) is 25.3. The summed E-state index contributed by atoms with van der Waals surface area (Å²) in [6.45, 7) is 4.52. The van der Waals surface area contributed by atoms with Crippen molar-refractivity contribution in [3.8, 4) is 5.75 Å². The van der Waals surface area contributed by atoms with Gasteiger partial charge in [0.25, 0.3) is 5.91 Å². The van der Waals surface area contributed by atoms with Crippen LogP contribution in [0.1, 0.15) is 55.9 Å². The molecule has 38 heavy (non-hydrogen) atoms. The average molecular weight is 652 g/mol.